The minimum absolute atomic E-state index is 0.261. The van der Waals surface area contributed by atoms with Crippen LogP contribution < -0.4 is 5.32 Å². The Morgan fingerprint density at radius 1 is 0.929 bits per heavy atom. The van der Waals surface area contributed by atoms with Crippen molar-refractivity contribution in [2.75, 3.05) is 11.9 Å². The maximum Gasteiger partial charge on any atom is 0.329 e. The summed E-state index contributed by atoms with van der Waals surface area (Å²) in [6, 6.07) is 18.3. The van der Waals surface area contributed by atoms with Gasteiger partial charge in [0, 0.05) is 22.0 Å². The highest BCUT2D eigenvalue weighted by molar-refractivity contribution is 9.10. The number of halogens is 2. The van der Waals surface area contributed by atoms with Crippen LogP contribution >= 0.6 is 27.5 Å². The molecule has 9 heteroatoms. The Morgan fingerprint density at radius 3 is 1.95 bits per heavy atom. The predicted molar refractivity (Wildman–Crippen MR) is 162 cm³/mol. The SMILES string of the molecule is CCCC[C@H](C(=O)OCC(=O)Nc1ccc(Br)c(Cl)c1C)N1C(=O)[C@@H]2C3c4ccccc4C(c4ccccc43)[C@H]2C1=O. The lowest BCUT2D eigenvalue weighted by Gasteiger charge is -2.45. The fourth-order valence-corrected chi connectivity index (χ4v) is 7.56. The Hall–Kier alpha value is -3.49. The number of hydrogen-bond acceptors (Lipinski definition) is 5. The molecule has 7 nitrogen and oxygen atoms in total. The number of hydrogen-bond donors (Lipinski definition) is 1. The molecule has 3 atom stereocenters. The van der Waals surface area contributed by atoms with Crippen LogP contribution in [0.25, 0.3) is 0 Å². The minimum atomic E-state index is -1.10. The summed E-state index contributed by atoms with van der Waals surface area (Å²) in [4.78, 5) is 55.7. The van der Waals surface area contributed by atoms with Crippen molar-refractivity contribution in [1.29, 1.82) is 0 Å². The quantitative estimate of drug-likeness (QED) is 0.227. The molecule has 3 amide bonds. The van der Waals surface area contributed by atoms with Crippen LogP contribution in [0.1, 0.15) is 65.8 Å². The summed E-state index contributed by atoms with van der Waals surface area (Å²) in [5.41, 5.74) is 5.43. The van der Waals surface area contributed by atoms with Crippen molar-refractivity contribution >= 4 is 56.9 Å². The first-order chi connectivity index (χ1) is 20.2. The topological polar surface area (TPSA) is 92.8 Å². The summed E-state index contributed by atoms with van der Waals surface area (Å²) < 4.78 is 6.14. The zero-order valence-corrected chi connectivity index (χ0v) is 25.6. The summed E-state index contributed by atoms with van der Waals surface area (Å²) in [5, 5.41) is 3.18. The number of unbranched alkanes of at least 4 members (excludes halogenated alkanes) is 1. The van der Waals surface area contributed by atoms with Crippen LogP contribution in [0, 0.1) is 18.8 Å². The molecule has 1 aliphatic heterocycles. The molecule has 0 spiro atoms. The van der Waals surface area contributed by atoms with Gasteiger partial charge in [-0.05, 0) is 69.2 Å². The van der Waals surface area contributed by atoms with E-state index in [1.807, 2.05) is 55.5 Å². The van der Waals surface area contributed by atoms with Gasteiger partial charge < -0.3 is 10.1 Å². The highest BCUT2D eigenvalue weighted by Crippen LogP contribution is 2.61. The Morgan fingerprint density at radius 2 is 1.45 bits per heavy atom. The summed E-state index contributed by atoms with van der Waals surface area (Å²) >= 11 is 9.62. The van der Waals surface area contributed by atoms with Gasteiger partial charge in [0.25, 0.3) is 5.91 Å². The standard InChI is InChI=1S/C33H30BrClN2O5/c1-3-4-13-24(33(41)42-16-25(38)36-23-15-14-22(34)30(35)17(23)2)37-31(39)28-26-18-9-5-6-10-19(18)27(29(28)32(37)40)21-12-8-7-11-20(21)26/h5-12,14-15,24,26-29H,3-4,13,16H2,1-2H3,(H,36,38)/t24-,26?,27?,28-,29-/m1/s1. The van der Waals surface area contributed by atoms with Gasteiger partial charge in [0.2, 0.25) is 11.8 Å². The molecule has 3 aliphatic carbocycles. The smallest absolute Gasteiger partial charge is 0.329 e. The van der Waals surface area contributed by atoms with Gasteiger partial charge in [-0.25, -0.2) is 4.79 Å². The van der Waals surface area contributed by atoms with Crippen LogP contribution in [0.4, 0.5) is 5.69 Å². The van der Waals surface area contributed by atoms with Crippen molar-refractivity contribution in [3.63, 3.8) is 0 Å². The summed E-state index contributed by atoms with van der Waals surface area (Å²) in [6.07, 6.45) is 1.64. The van der Waals surface area contributed by atoms with E-state index < -0.39 is 36.4 Å². The van der Waals surface area contributed by atoms with Crippen molar-refractivity contribution in [1.82, 2.24) is 4.90 Å². The van der Waals surface area contributed by atoms with Crippen molar-refractivity contribution < 1.29 is 23.9 Å². The molecule has 3 aromatic rings. The highest BCUT2D eigenvalue weighted by Gasteiger charge is 2.63. The Labute approximate surface area is 257 Å². The number of ether oxygens (including phenoxy) is 1. The molecular weight excluding hydrogens is 620 g/mol. The van der Waals surface area contributed by atoms with E-state index in [0.717, 1.165) is 33.6 Å². The number of nitrogens with zero attached hydrogens (tertiary/aromatic N) is 1. The van der Waals surface area contributed by atoms with Crippen LogP contribution in [0.3, 0.4) is 0 Å². The maximum absolute atomic E-state index is 14.1. The number of anilines is 1. The van der Waals surface area contributed by atoms with Crippen LogP contribution in [0.2, 0.25) is 5.02 Å². The van der Waals surface area contributed by atoms with Gasteiger partial charge >= 0.3 is 5.97 Å². The zero-order chi connectivity index (χ0) is 29.7. The zero-order valence-electron chi connectivity index (χ0n) is 23.2. The van der Waals surface area contributed by atoms with E-state index >= 15 is 0 Å². The monoisotopic (exact) mass is 648 g/mol. The molecule has 42 heavy (non-hydrogen) atoms. The van der Waals surface area contributed by atoms with Crippen molar-refractivity contribution in [3.05, 3.63) is 98.0 Å². The fourth-order valence-electron chi connectivity index (χ4n) is 6.96. The predicted octanol–water partition coefficient (Wildman–Crippen LogP) is 6.34. The first kappa shape index (κ1) is 28.6. The molecule has 0 aromatic heterocycles. The normalized spacial score (nSPS) is 22.3. The van der Waals surface area contributed by atoms with Gasteiger partial charge in [-0.3, -0.25) is 19.3 Å². The third kappa shape index (κ3) is 4.56. The first-order valence-corrected chi connectivity index (χ1v) is 15.4. The maximum atomic E-state index is 14.1. The number of carbonyl (C=O) groups is 4. The van der Waals surface area contributed by atoms with Crippen LogP contribution in [0.5, 0.6) is 0 Å². The number of carbonyl (C=O) groups excluding carboxylic acids is 4. The van der Waals surface area contributed by atoms with Gasteiger partial charge in [-0.2, -0.15) is 0 Å². The van der Waals surface area contributed by atoms with Gasteiger partial charge in [-0.1, -0.05) is 79.9 Å². The largest absolute Gasteiger partial charge is 0.454 e. The molecule has 1 saturated heterocycles. The average molecular weight is 650 g/mol. The van der Waals surface area contributed by atoms with E-state index in [2.05, 4.69) is 21.2 Å². The number of nitrogens with one attached hydrogen (secondary N) is 1. The van der Waals surface area contributed by atoms with Gasteiger partial charge in [0.15, 0.2) is 6.61 Å². The second-order valence-corrected chi connectivity index (χ2v) is 12.4. The van der Waals surface area contributed by atoms with Crippen LogP contribution in [-0.4, -0.2) is 41.2 Å². The summed E-state index contributed by atoms with van der Waals surface area (Å²) in [7, 11) is 0. The van der Waals surface area contributed by atoms with E-state index in [1.165, 1.54) is 0 Å². The minimum Gasteiger partial charge on any atom is -0.454 e. The molecule has 4 aliphatic rings. The summed E-state index contributed by atoms with van der Waals surface area (Å²) in [5.74, 6) is -3.68. The molecule has 0 unspecified atom stereocenters. The molecule has 1 fully saturated rings. The lowest BCUT2D eigenvalue weighted by Crippen LogP contribution is -2.47. The Bertz CT molecular complexity index is 1510. The second kappa shape index (κ2) is 11.3. The van der Waals surface area contributed by atoms with Crippen LogP contribution in [-0.2, 0) is 23.9 Å². The number of imide groups is 1. The highest BCUT2D eigenvalue weighted by atomic mass is 79.9. The van der Waals surface area contributed by atoms with E-state index in [4.69, 9.17) is 16.3 Å². The number of benzene rings is 3. The van der Waals surface area contributed by atoms with Crippen LogP contribution in [0.15, 0.2) is 65.1 Å². The first-order valence-electron chi connectivity index (χ1n) is 14.2. The Balaban J connectivity index is 1.25. The number of rotatable bonds is 8. The molecule has 2 bridgehead atoms. The third-order valence-corrected chi connectivity index (χ3v) is 10.2. The van der Waals surface area contributed by atoms with E-state index in [0.29, 0.717) is 27.2 Å². The second-order valence-electron chi connectivity index (χ2n) is 11.2. The lowest BCUT2D eigenvalue weighted by atomic mass is 9.55. The molecular formula is C33H30BrClN2O5. The van der Waals surface area contributed by atoms with E-state index in [9.17, 15) is 19.2 Å². The van der Waals surface area contributed by atoms with E-state index in [1.54, 1.807) is 19.1 Å². The Kier molecular flexibility index (Phi) is 7.70. The molecule has 0 radical (unpaired) electrons. The molecule has 0 saturated carbocycles. The average Bonchev–Trinajstić information content (AvgIpc) is 3.26. The number of likely N-dealkylation sites (tertiary alicyclic amines) is 1. The fraction of sp³-hybridized carbons (Fsp3) is 0.333. The third-order valence-electron chi connectivity index (χ3n) is 8.86. The summed E-state index contributed by atoms with van der Waals surface area (Å²) in [6.45, 7) is 3.19. The van der Waals surface area contributed by atoms with E-state index in [-0.39, 0.29) is 30.1 Å². The van der Waals surface area contributed by atoms with Crippen molar-refractivity contribution in [3.8, 4) is 0 Å². The number of amides is 3. The molecule has 1 heterocycles. The van der Waals surface area contributed by atoms with Gasteiger partial charge in [0.05, 0.1) is 16.9 Å². The number of esters is 1. The van der Waals surface area contributed by atoms with Crippen molar-refractivity contribution in [2.45, 2.75) is 51.0 Å². The molecule has 3 aromatic carbocycles. The van der Waals surface area contributed by atoms with Gasteiger partial charge in [0.1, 0.15) is 6.04 Å². The lowest BCUT2D eigenvalue weighted by molar-refractivity contribution is -0.160. The molecule has 1 N–H and O–H groups in total. The molecule has 216 valence electrons. The van der Waals surface area contributed by atoms with Crippen molar-refractivity contribution in [2.24, 2.45) is 11.8 Å². The van der Waals surface area contributed by atoms with Gasteiger partial charge in [-0.15, -0.1) is 0 Å². The molecule has 7 rings (SSSR count).